The number of ether oxygens (including phenoxy) is 1. The molecule has 22 heavy (non-hydrogen) atoms. The quantitative estimate of drug-likeness (QED) is 0.734. The van der Waals surface area contributed by atoms with E-state index in [4.69, 9.17) is 4.74 Å². The van der Waals surface area contributed by atoms with Crippen LogP contribution in [0.2, 0.25) is 0 Å². The van der Waals surface area contributed by atoms with Crippen molar-refractivity contribution >= 4 is 11.3 Å². The molecular formula is C17H15FN2OS. The summed E-state index contributed by atoms with van der Waals surface area (Å²) in [5.74, 6) is 0.170. The summed E-state index contributed by atoms with van der Waals surface area (Å²) in [7, 11) is 0. The second-order valence-electron chi connectivity index (χ2n) is 4.77. The minimum Gasteiger partial charge on any atom is -0.436 e. The molecule has 0 aliphatic heterocycles. The highest BCUT2D eigenvalue weighted by Crippen LogP contribution is 2.22. The second-order valence-corrected chi connectivity index (χ2v) is 5.55. The Balaban J connectivity index is 1.61. The summed E-state index contributed by atoms with van der Waals surface area (Å²) in [5.41, 5.74) is 2.30. The first-order valence-corrected chi connectivity index (χ1v) is 7.84. The van der Waals surface area contributed by atoms with E-state index in [1.807, 2.05) is 12.1 Å². The molecule has 2 heterocycles. The van der Waals surface area contributed by atoms with E-state index in [1.54, 1.807) is 35.7 Å². The van der Waals surface area contributed by atoms with Gasteiger partial charge in [0.25, 0.3) is 0 Å². The first-order chi connectivity index (χ1) is 10.8. The van der Waals surface area contributed by atoms with E-state index in [9.17, 15) is 4.39 Å². The minimum atomic E-state index is -0.398. The van der Waals surface area contributed by atoms with E-state index in [-0.39, 0.29) is 5.75 Å². The van der Waals surface area contributed by atoms with Gasteiger partial charge in [0.1, 0.15) is 0 Å². The van der Waals surface area contributed by atoms with Crippen LogP contribution in [0.1, 0.15) is 11.1 Å². The number of thiophene rings is 1. The highest BCUT2D eigenvalue weighted by Gasteiger charge is 2.05. The summed E-state index contributed by atoms with van der Waals surface area (Å²) in [6.07, 6.45) is 1.66. The monoisotopic (exact) mass is 314 g/mol. The molecular weight excluding hydrogens is 299 g/mol. The van der Waals surface area contributed by atoms with E-state index in [2.05, 4.69) is 27.1 Å². The molecule has 0 bridgehead atoms. The molecule has 0 aliphatic rings. The Hall–Kier alpha value is -2.24. The molecule has 0 unspecified atom stereocenters. The molecule has 0 saturated carbocycles. The molecule has 112 valence electrons. The number of aromatic nitrogens is 1. The van der Waals surface area contributed by atoms with Crippen molar-refractivity contribution in [1.82, 2.24) is 10.3 Å². The summed E-state index contributed by atoms with van der Waals surface area (Å²) in [5, 5.41) is 7.53. The lowest BCUT2D eigenvalue weighted by Gasteiger charge is -2.08. The summed E-state index contributed by atoms with van der Waals surface area (Å²) in [4.78, 5) is 4.12. The summed E-state index contributed by atoms with van der Waals surface area (Å²) in [6, 6.07) is 12.1. The lowest BCUT2D eigenvalue weighted by molar-refractivity contribution is 0.426. The fourth-order valence-electron chi connectivity index (χ4n) is 2.00. The number of benzene rings is 1. The van der Waals surface area contributed by atoms with Crippen molar-refractivity contribution in [3.63, 3.8) is 0 Å². The Morgan fingerprint density at radius 1 is 1.09 bits per heavy atom. The van der Waals surface area contributed by atoms with Crippen LogP contribution in [-0.2, 0) is 13.1 Å². The largest absolute Gasteiger partial charge is 0.436 e. The van der Waals surface area contributed by atoms with E-state index in [0.717, 1.165) is 12.1 Å². The van der Waals surface area contributed by atoms with Crippen molar-refractivity contribution in [2.75, 3.05) is 0 Å². The Kier molecular flexibility index (Phi) is 4.78. The molecule has 0 amide bonds. The standard InChI is InChI=1S/C17H15FN2OS/c18-15-3-1-2-4-16(15)21-17-9-13(5-7-20-17)10-19-11-14-6-8-22-12-14/h1-9,12,19H,10-11H2. The molecule has 3 nitrogen and oxygen atoms in total. The van der Waals surface area contributed by atoms with Crippen LogP contribution in [0.3, 0.4) is 0 Å². The average Bonchev–Trinajstić information content (AvgIpc) is 3.03. The number of nitrogens with zero attached hydrogens (tertiary/aromatic N) is 1. The number of para-hydroxylation sites is 1. The molecule has 3 aromatic rings. The first kappa shape index (κ1) is 14.7. The third-order valence-corrected chi connectivity index (χ3v) is 3.82. The molecule has 0 radical (unpaired) electrons. The smallest absolute Gasteiger partial charge is 0.219 e. The van der Waals surface area contributed by atoms with E-state index in [0.29, 0.717) is 12.4 Å². The topological polar surface area (TPSA) is 34.1 Å². The highest BCUT2D eigenvalue weighted by molar-refractivity contribution is 7.07. The Bertz CT molecular complexity index is 731. The average molecular weight is 314 g/mol. The van der Waals surface area contributed by atoms with Gasteiger partial charge in [-0.1, -0.05) is 12.1 Å². The SMILES string of the molecule is Fc1ccccc1Oc1cc(CNCc2ccsc2)ccn1. The first-order valence-electron chi connectivity index (χ1n) is 6.90. The minimum absolute atomic E-state index is 0.179. The second kappa shape index (κ2) is 7.15. The molecule has 5 heteroatoms. The van der Waals surface area contributed by atoms with Gasteiger partial charge >= 0.3 is 0 Å². The summed E-state index contributed by atoms with van der Waals surface area (Å²) in [6.45, 7) is 1.52. The maximum Gasteiger partial charge on any atom is 0.219 e. The molecule has 0 aliphatic carbocycles. The van der Waals surface area contributed by atoms with Gasteiger partial charge in [-0.25, -0.2) is 9.37 Å². The van der Waals surface area contributed by atoms with E-state index in [1.165, 1.54) is 11.6 Å². The normalized spacial score (nSPS) is 10.6. The number of rotatable bonds is 6. The molecule has 0 saturated heterocycles. The zero-order valence-corrected chi connectivity index (χ0v) is 12.6. The van der Waals surface area contributed by atoms with Gasteiger partial charge in [-0.3, -0.25) is 0 Å². The van der Waals surface area contributed by atoms with Crippen LogP contribution >= 0.6 is 11.3 Å². The molecule has 3 rings (SSSR count). The van der Waals surface area contributed by atoms with Crippen molar-refractivity contribution in [2.24, 2.45) is 0 Å². The van der Waals surface area contributed by atoms with Gasteiger partial charge < -0.3 is 10.1 Å². The van der Waals surface area contributed by atoms with Gasteiger partial charge in [-0.15, -0.1) is 0 Å². The van der Waals surface area contributed by atoms with Gasteiger partial charge in [0.2, 0.25) is 5.88 Å². The fraction of sp³-hybridized carbons (Fsp3) is 0.118. The number of pyridine rings is 1. The third-order valence-electron chi connectivity index (χ3n) is 3.09. The maximum atomic E-state index is 13.6. The van der Waals surface area contributed by atoms with Gasteiger partial charge in [0, 0.05) is 25.4 Å². The zero-order chi connectivity index (χ0) is 15.2. The van der Waals surface area contributed by atoms with Gasteiger partial charge in [0.05, 0.1) is 0 Å². The lowest BCUT2D eigenvalue weighted by Crippen LogP contribution is -2.12. The van der Waals surface area contributed by atoms with Crippen molar-refractivity contribution in [3.8, 4) is 11.6 Å². The van der Waals surface area contributed by atoms with Gasteiger partial charge in [-0.05, 0) is 46.2 Å². The van der Waals surface area contributed by atoms with Crippen molar-refractivity contribution < 1.29 is 9.13 Å². The molecule has 0 fully saturated rings. The van der Waals surface area contributed by atoms with Crippen LogP contribution in [-0.4, -0.2) is 4.98 Å². The predicted molar refractivity (Wildman–Crippen MR) is 85.6 cm³/mol. The molecule has 0 atom stereocenters. The van der Waals surface area contributed by atoms with Crippen molar-refractivity contribution in [1.29, 1.82) is 0 Å². The van der Waals surface area contributed by atoms with Gasteiger partial charge in [0.15, 0.2) is 11.6 Å². The lowest BCUT2D eigenvalue weighted by atomic mass is 10.2. The number of hydrogen-bond donors (Lipinski definition) is 1. The van der Waals surface area contributed by atoms with Crippen molar-refractivity contribution in [3.05, 3.63) is 76.4 Å². The summed E-state index contributed by atoms with van der Waals surface area (Å²) < 4.78 is 19.1. The van der Waals surface area contributed by atoms with Crippen LogP contribution in [0.25, 0.3) is 0 Å². The molecule has 0 spiro atoms. The van der Waals surface area contributed by atoms with Crippen LogP contribution in [0.4, 0.5) is 4.39 Å². The van der Waals surface area contributed by atoms with Crippen LogP contribution < -0.4 is 10.1 Å². The van der Waals surface area contributed by atoms with Gasteiger partial charge in [-0.2, -0.15) is 11.3 Å². The van der Waals surface area contributed by atoms with E-state index < -0.39 is 5.82 Å². The maximum absolute atomic E-state index is 13.6. The Morgan fingerprint density at radius 2 is 1.95 bits per heavy atom. The molecule has 2 aromatic heterocycles. The Labute approximate surface area is 132 Å². The van der Waals surface area contributed by atoms with Crippen LogP contribution in [0, 0.1) is 5.82 Å². The Morgan fingerprint density at radius 3 is 2.77 bits per heavy atom. The number of hydrogen-bond acceptors (Lipinski definition) is 4. The molecule has 1 N–H and O–H groups in total. The zero-order valence-electron chi connectivity index (χ0n) is 11.8. The number of halogens is 1. The van der Waals surface area contributed by atoms with Crippen LogP contribution in [0.5, 0.6) is 11.6 Å². The predicted octanol–water partition coefficient (Wildman–Crippen LogP) is 4.36. The summed E-state index contributed by atoms with van der Waals surface area (Å²) >= 11 is 1.69. The van der Waals surface area contributed by atoms with Crippen molar-refractivity contribution in [2.45, 2.75) is 13.1 Å². The number of nitrogens with one attached hydrogen (secondary N) is 1. The highest BCUT2D eigenvalue weighted by atomic mass is 32.1. The molecule has 1 aromatic carbocycles. The van der Waals surface area contributed by atoms with Crippen LogP contribution in [0.15, 0.2) is 59.4 Å². The fourth-order valence-corrected chi connectivity index (χ4v) is 2.67. The third kappa shape index (κ3) is 3.90. The van der Waals surface area contributed by atoms with E-state index >= 15 is 0 Å².